The summed E-state index contributed by atoms with van der Waals surface area (Å²) in [4.78, 5) is 10.8. The molecule has 294 valence electrons. The summed E-state index contributed by atoms with van der Waals surface area (Å²) in [6, 6.07) is 82.9. The number of rotatable bonds is 8. The third kappa shape index (κ3) is 6.85. The molecule has 4 nitrogen and oxygen atoms in total. The van der Waals surface area contributed by atoms with Crippen molar-refractivity contribution in [2.75, 3.05) is 0 Å². The van der Waals surface area contributed by atoms with Crippen LogP contribution in [0, 0.1) is 11.3 Å². The molecule has 2 aromatic heterocycles. The molecule has 0 bridgehead atoms. The van der Waals surface area contributed by atoms with Crippen molar-refractivity contribution in [3.63, 3.8) is 0 Å². The first-order valence-electron chi connectivity index (χ1n) is 21.1. The van der Waals surface area contributed by atoms with E-state index in [1.165, 1.54) is 11.1 Å². The van der Waals surface area contributed by atoms with E-state index in [1.807, 2.05) is 66.7 Å². The molecular formula is C59H38N4. The third-order valence-corrected chi connectivity index (χ3v) is 11.9. The number of hydrogen-bond donors (Lipinski definition) is 0. The van der Waals surface area contributed by atoms with Gasteiger partial charge >= 0.3 is 0 Å². The van der Waals surface area contributed by atoms with E-state index < -0.39 is 0 Å². The molecule has 0 fully saturated rings. The zero-order valence-electron chi connectivity index (χ0n) is 34.2. The Morgan fingerprint density at radius 1 is 0.349 bits per heavy atom. The molecule has 63 heavy (non-hydrogen) atoms. The topological polar surface area (TPSA) is 54.5 Å². The van der Waals surface area contributed by atoms with Crippen molar-refractivity contribution in [1.29, 1.82) is 5.26 Å². The van der Waals surface area contributed by atoms with Crippen LogP contribution in [-0.4, -0.2) is 14.5 Å². The van der Waals surface area contributed by atoms with Gasteiger partial charge in [0.1, 0.15) is 11.6 Å². The summed E-state index contributed by atoms with van der Waals surface area (Å²) in [6.07, 6.45) is 0. The van der Waals surface area contributed by atoms with Crippen molar-refractivity contribution in [2.45, 2.75) is 0 Å². The maximum absolute atomic E-state index is 10.8. The quantitative estimate of drug-likeness (QED) is 0.154. The fraction of sp³-hybridized carbons (Fsp3) is 0. The van der Waals surface area contributed by atoms with E-state index in [1.54, 1.807) is 0 Å². The first-order valence-corrected chi connectivity index (χ1v) is 21.1. The highest BCUT2D eigenvalue weighted by molar-refractivity contribution is 6.12. The van der Waals surface area contributed by atoms with E-state index in [0.29, 0.717) is 22.8 Å². The minimum absolute atomic E-state index is 0.433. The van der Waals surface area contributed by atoms with Gasteiger partial charge in [0.05, 0.1) is 22.4 Å². The molecule has 9 aromatic carbocycles. The van der Waals surface area contributed by atoms with Gasteiger partial charge in [-0.15, -0.1) is 0 Å². The lowest BCUT2D eigenvalue weighted by Gasteiger charge is -2.20. The molecule has 0 radical (unpaired) electrons. The van der Waals surface area contributed by atoms with Gasteiger partial charge in [0.2, 0.25) is 0 Å². The second kappa shape index (κ2) is 16.1. The summed E-state index contributed by atoms with van der Waals surface area (Å²) in [6.45, 7) is 0. The highest BCUT2D eigenvalue weighted by Gasteiger charge is 2.25. The Labute approximate surface area is 366 Å². The first-order chi connectivity index (χ1) is 31.2. The van der Waals surface area contributed by atoms with Crippen LogP contribution in [0.3, 0.4) is 0 Å². The lowest BCUT2D eigenvalue weighted by Crippen LogP contribution is -2.04. The van der Waals surface area contributed by atoms with E-state index in [9.17, 15) is 5.26 Å². The number of hydrogen-bond acceptors (Lipinski definition) is 3. The fourth-order valence-electron chi connectivity index (χ4n) is 8.91. The summed E-state index contributed by atoms with van der Waals surface area (Å²) in [5, 5.41) is 13.1. The molecule has 0 saturated heterocycles. The molecule has 0 spiro atoms. The fourth-order valence-corrected chi connectivity index (χ4v) is 8.91. The number of nitriles is 1. The highest BCUT2D eigenvalue weighted by atomic mass is 15.0. The molecular weight excluding hydrogens is 765 g/mol. The molecule has 0 aliphatic carbocycles. The maximum atomic E-state index is 10.8. The molecule has 0 N–H and O–H groups in total. The number of benzene rings is 9. The molecule has 2 heterocycles. The average Bonchev–Trinajstić information content (AvgIpc) is 3.70. The summed E-state index contributed by atoms with van der Waals surface area (Å²) in [7, 11) is 0. The first kappa shape index (κ1) is 37.4. The molecule has 0 aliphatic heterocycles. The van der Waals surface area contributed by atoms with Crippen LogP contribution >= 0.6 is 0 Å². The summed E-state index contributed by atoms with van der Waals surface area (Å²) in [5.74, 6) is 0.531. The summed E-state index contributed by atoms with van der Waals surface area (Å²) >= 11 is 0. The van der Waals surface area contributed by atoms with E-state index in [-0.39, 0.29) is 0 Å². The van der Waals surface area contributed by atoms with Crippen LogP contribution < -0.4 is 0 Å². The molecule has 11 aromatic rings. The van der Waals surface area contributed by atoms with Gasteiger partial charge in [0.25, 0.3) is 0 Å². The second-order valence-electron chi connectivity index (χ2n) is 15.6. The zero-order chi connectivity index (χ0) is 42.1. The van der Waals surface area contributed by atoms with Crippen LogP contribution in [0.15, 0.2) is 231 Å². The lowest BCUT2D eigenvalue weighted by atomic mass is 9.89. The van der Waals surface area contributed by atoms with Crippen LogP contribution in [0.2, 0.25) is 0 Å². The molecule has 4 heteroatoms. The van der Waals surface area contributed by atoms with Crippen molar-refractivity contribution in [3.8, 4) is 90.2 Å². The van der Waals surface area contributed by atoms with Crippen molar-refractivity contribution in [2.24, 2.45) is 0 Å². The van der Waals surface area contributed by atoms with E-state index in [0.717, 1.165) is 77.6 Å². The van der Waals surface area contributed by atoms with Crippen molar-refractivity contribution >= 4 is 21.8 Å². The predicted molar refractivity (Wildman–Crippen MR) is 259 cm³/mol. The molecule has 0 unspecified atom stereocenters. The van der Waals surface area contributed by atoms with Crippen LogP contribution in [0.1, 0.15) is 5.56 Å². The van der Waals surface area contributed by atoms with E-state index in [4.69, 9.17) is 9.97 Å². The van der Waals surface area contributed by atoms with Gasteiger partial charge in [-0.3, -0.25) is 0 Å². The monoisotopic (exact) mass is 802 g/mol. The SMILES string of the molecule is N#Cc1c(-c2ccccc2)nc(-c2cc(-n3c4ccc(-c5ccccc5)cc4c4cc(-c5ccccc5)ccc43)cc(-c3ccccc3)c2-c2ccccc2)nc1-c1ccccc1. The van der Waals surface area contributed by atoms with Crippen molar-refractivity contribution in [1.82, 2.24) is 14.5 Å². The molecule has 0 aliphatic rings. The minimum atomic E-state index is 0.433. The maximum Gasteiger partial charge on any atom is 0.161 e. The van der Waals surface area contributed by atoms with Crippen LogP contribution in [-0.2, 0) is 0 Å². The molecule has 0 saturated carbocycles. The largest absolute Gasteiger partial charge is 0.309 e. The Hall–Kier alpha value is -8.65. The highest BCUT2D eigenvalue weighted by Crippen LogP contribution is 2.45. The number of fused-ring (bicyclic) bond motifs is 3. The van der Waals surface area contributed by atoms with Gasteiger partial charge in [-0.05, 0) is 75.3 Å². The Morgan fingerprint density at radius 2 is 0.730 bits per heavy atom. The number of nitrogens with zero attached hydrogens (tertiary/aromatic N) is 4. The number of aromatic nitrogens is 3. The van der Waals surface area contributed by atoms with Gasteiger partial charge in [0.15, 0.2) is 5.82 Å². The van der Waals surface area contributed by atoms with Gasteiger partial charge in [-0.2, -0.15) is 5.26 Å². The lowest BCUT2D eigenvalue weighted by molar-refractivity contribution is 1.15. The van der Waals surface area contributed by atoms with Crippen LogP contribution in [0.25, 0.3) is 106 Å². The Balaban J connectivity index is 1.26. The van der Waals surface area contributed by atoms with Gasteiger partial charge < -0.3 is 4.57 Å². The Bertz CT molecular complexity index is 3310. The molecule has 11 rings (SSSR count). The van der Waals surface area contributed by atoms with Gasteiger partial charge in [0, 0.05) is 38.7 Å². The third-order valence-electron chi connectivity index (χ3n) is 11.9. The van der Waals surface area contributed by atoms with E-state index >= 15 is 0 Å². The second-order valence-corrected chi connectivity index (χ2v) is 15.6. The minimum Gasteiger partial charge on any atom is -0.309 e. The molecule has 0 amide bonds. The van der Waals surface area contributed by atoms with E-state index in [2.05, 4.69) is 174 Å². The summed E-state index contributed by atoms with van der Waals surface area (Å²) < 4.78 is 2.39. The molecule has 0 atom stereocenters. The average molecular weight is 803 g/mol. The van der Waals surface area contributed by atoms with Crippen molar-refractivity contribution < 1.29 is 0 Å². The Kier molecular flexibility index (Phi) is 9.54. The Morgan fingerprint density at radius 3 is 1.16 bits per heavy atom. The standard InChI is InChI=1S/C59H38N4/c60-39-53-57(44-27-15-5-16-28-44)61-59(62-58(53)45-29-17-6-18-30-45)52-38-48(37-49(42-23-11-3-12-24-42)56(52)43-25-13-4-14-26-43)63-54-33-31-46(40-19-7-1-8-20-40)35-50(54)51-36-47(32-34-55(51)63)41-21-9-2-10-22-41/h1-38H. The predicted octanol–water partition coefficient (Wildman–Crippen LogP) is 15.1. The van der Waals surface area contributed by atoms with Gasteiger partial charge in [-0.1, -0.05) is 194 Å². The van der Waals surface area contributed by atoms with Crippen LogP contribution in [0.5, 0.6) is 0 Å². The van der Waals surface area contributed by atoms with Gasteiger partial charge in [-0.25, -0.2) is 9.97 Å². The normalized spacial score (nSPS) is 11.2. The zero-order valence-corrected chi connectivity index (χ0v) is 34.2. The summed E-state index contributed by atoms with van der Waals surface area (Å²) in [5.41, 5.74) is 16.1. The van der Waals surface area contributed by atoms with Crippen LogP contribution in [0.4, 0.5) is 0 Å². The smallest absolute Gasteiger partial charge is 0.161 e. The van der Waals surface area contributed by atoms with Crippen molar-refractivity contribution in [3.05, 3.63) is 236 Å².